The summed E-state index contributed by atoms with van der Waals surface area (Å²) in [6.45, 7) is 2.41. The van der Waals surface area contributed by atoms with Crippen LogP contribution in [0.4, 0.5) is 5.69 Å². The molecule has 96 valence electrons. The summed E-state index contributed by atoms with van der Waals surface area (Å²) in [5, 5.41) is 0. The standard InChI is InChI=1S/C14H20N4/c1-17-6-4-11(5-7-17)8-14-16-9-13-3-2-12(15)10-18(13)14/h2-3,9-11H,4-8,15H2,1H3. The fourth-order valence-corrected chi connectivity index (χ4v) is 2.74. The Kier molecular flexibility index (Phi) is 2.96. The second kappa shape index (κ2) is 4.61. The Hall–Kier alpha value is -1.55. The van der Waals surface area contributed by atoms with Crippen molar-refractivity contribution in [2.75, 3.05) is 25.9 Å². The molecule has 2 aromatic rings. The van der Waals surface area contributed by atoms with Crippen LogP contribution in [0.2, 0.25) is 0 Å². The summed E-state index contributed by atoms with van der Waals surface area (Å²) in [5.74, 6) is 1.90. The lowest BCUT2D eigenvalue weighted by Gasteiger charge is -2.28. The van der Waals surface area contributed by atoms with Crippen molar-refractivity contribution in [2.24, 2.45) is 5.92 Å². The fraction of sp³-hybridized carbons (Fsp3) is 0.500. The molecule has 2 aromatic heterocycles. The van der Waals surface area contributed by atoms with E-state index < -0.39 is 0 Å². The van der Waals surface area contributed by atoms with Gasteiger partial charge in [0.05, 0.1) is 11.7 Å². The highest BCUT2D eigenvalue weighted by Crippen LogP contribution is 2.21. The number of aromatic nitrogens is 2. The maximum atomic E-state index is 5.85. The highest BCUT2D eigenvalue weighted by molar-refractivity contribution is 5.52. The van der Waals surface area contributed by atoms with Crippen LogP contribution in [0.5, 0.6) is 0 Å². The molecule has 0 atom stereocenters. The minimum absolute atomic E-state index is 0.758. The van der Waals surface area contributed by atoms with E-state index in [0.29, 0.717) is 0 Å². The van der Waals surface area contributed by atoms with Gasteiger partial charge in [0, 0.05) is 18.3 Å². The van der Waals surface area contributed by atoms with E-state index >= 15 is 0 Å². The van der Waals surface area contributed by atoms with Gasteiger partial charge in [-0.1, -0.05) is 0 Å². The van der Waals surface area contributed by atoms with Crippen LogP contribution in [-0.2, 0) is 6.42 Å². The highest BCUT2D eigenvalue weighted by atomic mass is 15.1. The molecule has 3 heterocycles. The summed E-state index contributed by atoms with van der Waals surface area (Å²) in [4.78, 5) is 6.94. The first-order valence-corrected chi connectivity index (χ1v) is 6.62. The van der Waals surface area contributed by atoms with Gasteiger partial charge in [-0.05, 0) is 51.0 Å². The average Bonchev–Trinajstić information content (AvgIpc) is 2.75. The third-order valence-electron chi connectivity index (χ3n) is 3.94. The van der Waals surface area contributed by atoms with Crippen molar-refractivity contribution in [3.8, 4) is 0 Å². The third-order valence-corrected chi connectivity index (χ3v) is 3.94. The van der Waals surface area contributed by atoms with E-state index in [0.717, 1.165) is 29.4 Å². The van der Waals surface area contributed by atoms with Crippen LogP contribution in [0, 0.1) is 5.92 Å². The molecule has 1 fully saturated rings. The number of pyridine rings is 1. The van der Waals surface area contributed by atoms with Crippen LogP contribution in [0.15, 0.2) is 24.5 Å². The molecule has 0 unspecified atom stereocenters. The first-order chi connectivity index (χ1) is 8.72. The van der Waals surface area contributed by atoms with Crippen LogP contribution < -0.4 is 5.73 Å². The molecule has 4 heteroatoms. The monoisotopic (exact) mass is 244 g/mol. The number of nitrogens with zero attached hydrogens (tertiary/aromatic N) is 3. The summed E-state index contributed by atoms with van der Waals surface area (Å²) in [6, 6.07) is 3.96. The van der Waals surface area contributed by atoms with Gasteiger partial charge in [0.1, 0.15) is 5.82 Å². The molecule has 0 radical (unpaired) electrons. The molecule has 4 nitrogen and oxygen atoms in total. The normalized spacial score (nSPS) is 18.5. The molecular weight excluding hydrogens is 224 g/mol. The van der Waals surface area contributed by atoms with Gasteiger partial charge in [0.25, 0.3) is 0 Å². The van der Waals surface area contributed by atoms with Gasteiger partial charge in [0.15, 0.2) is 0 Å². The molecule has 0 saturated carbocycles. The molecule has 0 aliphatic carbocycles. The minimum atomic E-state index is 0.758. The zero-order valence-electron chi connectivity index (χ0n) is 10.8. The topological polar surface area (TPSA) is 46.6 Å². The van der Waals surface area contributed by atoms with E-state index in [2.05, 4.69) is 21.3 Å². The maximum absolute atomic E-state index is 5.85. The van der Waals surface area contributed by atoms with Crippen molar-refractivity contribution in [3.05, 3.63) is 30.4 Å². The Morgan fingerprint density at radius 3 is 2.89 bits per heavy atom. The number of hydrogen-bond acceptors (Lipinski definition) is 3. The molecule has 1 aliphatic heterocycles. The number of piperidine rings is 1. The molecular formula is C14H20N4. The quantitative estimate of drug-likeness (QED) is 0.876. The third kappa shape index (κ3) is 2.20. The summed E-state index contributed by atoms with van der Waals surface area (Å²) < 4.78 is 2.13. The van der Waals surface area contributed by atoms with Gasteiger partial charge in [-0.25, -0.2) is 4.98 Å². The molecule has 3 rings (SSSR count). The van der Waals surface area contributed by atoms with Gasteiger partial charge in [-0.15, -0.1) is 0 Å². The first kappa shape index (κ1) is 11.5. The average molecular weight is 244 g/mol. The van der Waals surface area contributed by atoms with Crippen molar-refractivity contribution >= 4 is 11.2 Å². The van der Waals surface area contributed by atoms with Gasteiger partial charge < -0.3 is 15.0 Å². The lowest BCUT2D eigenvalue weighted by molar-refractivity contribution is 0.217. The van der Waals surface area contributed by atoms with E-state index in [-0.39, 0.29) is 0 Å². The Balaban J connectivity index is 1.80. The summed E-state index contributed by atoms with van der Waals surface area (Å²) in [5.41, 5.74) is 7.78. The first-order valence-electron chi connectivity index (χ1n) is 6.62. The Bertz CT molecular complexity index is 538. The largest absolute Gasteiger partial charge is 0.398 e. The smallest absolute Gasteiger partial charge is 0.113 e. The lowest BCUT2D eigenvalue weighted by Crippen LogP contribution is -2.31. The number of anilines is 1. The number of imidazole rings is 1. The Morgan fingerprint density at radius 1 is 1.33 bits per heavy atom. The van der Waals surface area contributed by atoms with Crippen LogP contribution in [0.3, 0.4) is 0 Å². The van der Waals surface area contributed by atoms with Crippen molar-refractivity contribution in [1.29, 1.82) is 0 Å². The fourth-order valence-electron chi connectivity index (χ4n) is 2.74. The molecule has 1 aliphatic rings. The number of hydrogen-bond donors (Lipinski definition) is 1. The highest BCUT2D eigenvalue weighted by Gasteiger charge is 2.18. The van der Waals surface area contributed by atoms with Crippen molar-refractivity contribution in [2.45, 2.75) is 19.3 Å². The maximum Gasteiger partial charge on any atom is 0.113 e. The number of nitrogens with two attached hydrogens (primary N) is 1. The number of rotatable bonds is 2. The molecule has 0 amide bonds. The Morgan fingerprint density at radius 2 is 2.11 bits per heavy atom. The van der Waals surface area contributed by atoms with Crippen LogP contribution >= 0.6 is 0 Å². The van der Waals surface area contributed by atoms with E-state index in [1.165, 1.54) is 25.9 Å². The van der Waals surface area contributed by atoms with E-state index in [9.17, 15) is 0 Å². The SMILES string of the molecule is CN1CCC(Cc2ncc3ccc(N)cn23)CC1. The lowest BCUT2D eigenvalue weighted by atomic mass is 9.93. The second-order valence-electron chi connectivity index (χ2n) is 5.38. The van der Waals surface area contributed by atoms with Crippen molar-refractivity contribution < 1.29 is 0 Å². The van der Waals surface area contributed by atoms with Crippen LogP contribution in [0.25, 0.3) is 5.52 Å². The van der Waals surface area contributed by atoms with E-state index in [4.69, 9.17) is 5.73 Å². The summed E-state index contributed by atoms with van der Waals surface area (Å²) in [7, 11) is 2.20. The van der Waals surface area contributed by atoms with E-state index in [1.807, 2.05) is 24.5 Å². The predicted octanol–water partition coefficient (Wildman–Crippen LogP) is 1.80. The summed E-state index contributed by atoms with van der Waals surface area (Å²) in [6.07, 6.45) is 7.52. The molecule has 0 spiro atoms. The Labute approximate surface area is 107 Å². The van der Waals surface area contributed by atoms with Crippen LogP contribution in [-0.4, -0.2) is 34.4 Å². The number of nitrogen functional groups attached to an aromatic ring is 1. The van der Waals surface area contributed by atoms with Crippen LogP contribution in [0.1, 0.15) is 18.7 Å². The van der Waals surface area contributed by atoms with Gasteiger partial charge in [0.2, 0.25) is 0 Å². The molecule has 0 bridgehead atoms. The second-order valence-corrected chi connectivity index (χ2v) is 5.38. The molecule has 18 heavy (non-hydrogen) atoms. The summed E-state index contributed by atoms with van der Waals surface area (Å²) >= 11 is 0. The van der Waals surface area contributed by atoms with E-state index in [1.54, 1.807) is 0 Å². The molecule has 0 aromatic carbocycles. The number of fused-ring (bicyclic) bond motifs is 1. The molecule has 1 saturated heterocycles. The van der Waals surface area contributed by atoms with Gasteiger partial charge in [-0.3, -0.25) is 0 Å². The zero-order chi connectivity index (χ0) is 12.5. The number of likely N-dealkylation sites (tertiary alicyclic amines) is 1. The van der Waals surface area contributed by atoms with Gasteiger partial charge >= 0.3 is 0 Å². The van der Waals surface area contributed by atoms with Gasteiger partial charge in [-0.2, -0.15) is 0 Å². The van der Waals surface area contributed by atoms with Crippen molar-refractivity contribution in [1.82, 2.24) is 14.3 Å². The minimum Gasteiger partial charge on any atom is -0.398 e. The zero-order valence-corrected chi connectivity index (χ0v) is 10.8. The molecule has 2 N–H and O–H groups in total. The predicted molar refractivity (Wildman–Crippen MR) is 73.5 cm³/mol. The van der Waals surface area contributed by atoms with Crippen molar-refractivity contribution in [3.63, 3.8) is 0 Å².